The zero-order chi connectivity index (χ0) is 23.2. The van der Waals surface area contributed by atoms with E-state index in [4.69, 9.17) is 9.15 Å². The number of nitrogens with one attached hydrogen (secondary N) is 2. The summed E-state index contributed by atoms with van der Waals surface area (Å²) in [5, 5.41) is 0. The van der Waals surface area contributed by atoms with E-state index in [1.54, 1.807) is 36.2 Å². The summed E-state index contributed by atoms with van der Waals surface area (Å²) >= 11 is 0. The number of amides is 1. The Bertz CT molecular complexity index is 1070. The van der Waals surface area contributed by atoms with E-state index in [2.05, 4.69) is 10.9 Å². The lowest BCUT2D eigenvalue weighted by molar-refractivity contribution is 0.0756. The zero-order valence-corrected chi connectivity index (χ0v) is 18.4. The van der Waals surface area contributed by atoms with Crippen LogP contribution in [0.25, 0.3) is 0 Å². The first-order chi connectivity index (χ1) is 16.0. The number of hydrazine groups is 1. The Labute approximate surface area is 191 Å². The number of furan rings is 1. The number of ether oxygens (including phenoxy) is 1. The molecule has 2 aromatic carbocycles. The van der Waals surface area contributed by atoms with Crippen LogP contribution in [-0.4, -0.2) is 30.4 Å². The Morgan fingerprint density at radius 2 is 1.91 bits per heavy atom. The molecule has 2 heterocycles. The molecule has 1 saturated heterocycles. The van der Waals surface area contributed by atoms with E-state index < -0.39 is 0 Å². The van der Waals surface area contributed by atoms with Crippen molar-refractivity contribution >= 4 is 5.91 Å². The first-order valence-electron chi connectivity index (χ1n) is 11.0. The van der Waals surface area contributed by atoms with Crippen molar-refractivity contribution in [2.75, 3.05) is 13.6 Å². The normalized spacial score (nSPS) is 17.8. The van der Waals surface area contributed by atoms with Gasteiger partial charge in [-0.3, -0.25) is 15.6 Å². The Hall–Kier alpha value is -3.23. The summed E-state index contributed by atoms with van der Waals surface area (Å²) in [6.45, 7) is 0.735. The van der Waals surface area contributed by atoms with Crippen LogP contribution >= 0.6 is 0 Å². The van der Waals surface area contributed by atoms with Gasteiger partial charge in [0.25, 0.3) is 5.91 Å². The summed E-state index contributed by atoms with van der Waals surface area (Å²) < 4.78 is 37.6. The Morgan fingerprint density at radius 1 is 1.09 bits per heavy atom. The lowest BCUT2D eigenvalue weighted by Crippen LogP contribution is -2.32. The highest BCUT2D eigenvalue weighted by Gasteiger charge is 2.25. The van der Waals surface area contributed by atoms with E-state index >= 15 is 0 Å². The zero-order valence-electron chi connectivity index (χ0n) is 18.4. The Balaban J connectivity index is 1.19. The van der Waals surface area contributed by atoms with Crippen LogP contribution in [0.4, 0.5) is 8.78 Å². The number of benzene rings is 2. The van der Waals surface area contributed by atoms with E-state index in [0.717, 1.165) is 24.8 Å². The number of nitrogens with zero attached hydrogens (tertiary/aromatic N) is 1. The summed E-state index contributed by atoms with van der Waals surface area (Å²) in [7, 11) is 1.75. The molecular weight excluding hydrogens is 428 g/mol. The van der Waals surface area contributed by atoms with Crippen molar-refractivity contribution in [3.8, 4) is 5.75 Å². The molecule has 174 valence electrons. The molecule has 2 atom stereocenters. The van der Waals surface area contributed by atoms with Gasteiger partial charge in [-0.05, 0) is 73.4 Å². The fourth-order valence-electron chi connectivity index (χ4n) is 3.87. The quantitative estimate of drug-likeness (QED) is 0.494. The van der Waals surface area contributed by atoms with Crippen molar-refractivity contribution < 1.29 is 22.7 Å². The second kappa shape index (κ2) is 10.6. The van der Waals surface area contributed by atoms with Crippen molar-refractivity contribution in [2.45, 2.75) is 38.0 Å². The average molecular weight is 456 g/mol. The number of halogens is 2. The first kappa shape index (κ1) is 22.9. The topological polar surface area (TPSA) is 66.7 Å². The second-order valence-corrected chi connectivity index (χ2v) is 8.21. The highest BCUT2D eigenvalue weighted by Crippen LogP contribution is 2.24. The van der Waals surface area contributed by atoms with E-state index in [-0.39, 0.29) is 42.0 Å². The first-order valence-corrected chi connectivity index (χ1v) is 11.0. The molecule has 2 unspecified atom stereocenters. The molecule has 4 rings (SSSR count). The van der Waals surface area contributed by atoms with E-state index in [0.29, 0.717) is 18.1 Å². The van der Waals surface area contributed by atoms with Gasteiger partial charge in [0.1, 0.15) is 29.8 Å². The summed E-state index contributed by atoms with van der Waals surface area (Å²) in [6, 6.07) is 16.0. The van der Waals surface area contributed by atoms with Crippen LogP contribution in [-0.2, 0) is 6.61 Å². The molecule has 2 N–H and O–H groups in total. The van der Waals surface area contributed by atoms with Gasteiger partial charge in [0, 0.05) is 25.7 Å². The van der Waals surface area contributed by atoms with Crippen molar-refractivity contribution in [2.24, 2.45) is 0 Å². The molecule has 0 radical (unpaired) electrons. The molecule has 8 heteroatoms. The predicted molar refractivity (Wildman–Crippen MR) is 119 cm³/mol. The maximum Gasteiger partial charge on any atom is 0.289 e. The maximum atomic E-state index is 13.4. The van der Waals surface area contributed by atoms with Crippen LogP contribution in [0.5, 0.6) is 5.75 Å². The van der Waals surface area contributed by atoms with Gasteiger partial charge in [0.15, 0.2) is 5.76 Å². The number of hydrogen-bond donors (Lipinski definition) is 2. The molecule has 0 saturated carbocycles. The van der Waals surface area contributed by atoms with Gasteiger partial charge in [0.05, 0.1) is 0 Å². The Kier molecular flexibility index (Phi) is 7.36. The van der Waals surface area contributed by atoms with Gasteiger partial charge in [-0.25, -0.2) is 8.78 Å². The molecule has 3 aromatic rings. The lowest BCUT2D eigenvalue weighted by Gasteiger charge is -2.17. The maximum absolute atomic E-state index is 13.4. The van der Waals surface area contributed by atoms with Crippen molar-refractivity contribution in [1.29, 1.82) is 0 Å². The average Bonchev–Trinajstić information content (AvgIpc) is 3.48. The van der Waals surface area contributed by atoms with Crippen LogP contribution < -0.4 is 15.6 Å². The molecule has 1 amide bonds. The van der Waals surface area contributed by atoms with Crippen LogP contribution in [0.2, 0.25) is 0 Å². The van der Waals surface area contributed by atoms with Gasteiger partial charge >= 0.3 is 0 Å². The number of carbonyl (C=O) groups excluding carboxylic acids is 1. The van der Waals surface area contributed by atoms with Crippen LogP contribution in [0.1, 0.15) is 47.2 Å². The van der Waals surface area contributed by atoms with E-state index in [1.807, 2.05) is 6.07 Å². The van der Waals surface area contributed by atoms with Crippen molar-refractivity contribution in [3.05, 3.63) is 89.4 Å². The molecule has 1 aliphatic heterocycles. The smallest absolute Gasteiger partial charge is 0.289 e. The molecule has 0 aliphatic carbocycles. The minimum Gasteiger partial charge on any atom is -0.486 e. The molecule has 1 aliphatic rings. The number of carbonyl (C=O) groups is 1. The standard InChI is InChI=1S/C25H27F2N3O3/c1-30(13-3-6-20-15-23(29-28-20)17-4-2-5-19(27)14-17)25(31)24-12-11-22(33-24)16-32-21-9-7-18(26)8-10-21/h2,4-5,7-12,14,20,23,28-29H,3,6,13,15-16H2,1H3. The summed E-state index contributed by atoms with van der Waals surface area (Å²) in [5.74, 6) is 0.525. The molecule has 0 spiro atoms. The molecular formula is C25H27F2N3O3. The fourth-order valence-corrected chi connectivity index (χ4v) is 3.87. The molecule has 33 heavy (non-hydrogen) atoms. The van der Waals surface area contributed by atoms with Crippen LogP contribution in [0.3, 0.4) is 0 Å². The van der Waals surface area contributed by atoms with Gasteiger partial charge in [-0.15, -0.1) is 0 Å². The lowest BCUT2D eigenvalue weighted by atomic mass is 9.99. The van der Waals surface area contributed by atoms with Crippen molar-refractivity contribution in [1.82, 2.24) is 15.8 Å². The highest BCUT2D eigenvalue weighted by atomic mass is 19.1. The second-order valence-electron chi connectivity index (χ2n) is 8.21. The SMILES string of the molecule is CN(CCCC1CC(c2cccc(F)c2)NN1)C(=O)c1ccc(COc2ccc(F)cc2)o1. The fraction of sp³-hybridized carbons (Fsp3) is 0.320. The van der Waals surface area contributed by atoms with E-state index in [1.165, 1.54) is 30.3 Å². The van der Waals surface area contributed by atoms with Crippen LogP contribution in [0.15, 0.2) is 65.1 Å². The summed E-state index contributed by atoms with van der Waals surface area (Å²) in [6.07, 6.45) is 2.56. The third-order valence-corrected chi connectivity index (χ3v) is 5.69. The number of rotatable bonds is 9. The largest absolute Gasteiger partial charge is 0.486 e. The molecule has 6 nitrogen and oxygen atoms in total. The van der Waals surface area contributed by atoms with Crippen molar-refractivity contribution in [3.63, 3.8) is 0 Å². The minimum atomic E-state index is -0.331. The minimum absolute atomic E-state index is 0.0729. The molecule has 1 fully saturated rings. The van der Waals surface area contributed by atoms with E-state index in [9.17, 15) is 13.6 Å². The summed E-state index contributed by atoms with van der Waals surface area (Å²) in [5.41, 5.74) is 7.41. The highest BCUT2D eigenvalue weighted by molar-refractivity contribution is 5.91. The predicted octanol–water partition coefficient (Wildman–Crippen LogP) is 4.60. The molecule has 0 bridgehead atoms. The number of hydrogen-bond acceptors (Lipinski definition) is 5. The van der Waals surface area contributed by atoms with Gasteiger partial charge < -0.3 is 14.1 Å². The third-order valence-electron chi connectivity index (χ3n) is 5.69. The summed E-state index contributed by atoms with van der Waals surface area (Å²) in [4.78, 5) is 14.3. The van der Waals surface area contributed by atoms with Crippen LogP contribution in [0, 0.1) is 11.6 Å². The van der Waals surface area contributed by atoms with Gasteiger partial charge in [-0.1, -0.05) is 12.1 Å². The van der Waals surface area contributed by atoms with Gasteiger partial charge in [0.2, 0.25) is 0 Å². The third kappa shape index (κ3) is 6.18. The Morgan fingerprint density at radius 3 is 2.70 bits per heavy atom. The monoisotopic (exact) mass is 455 g/mol. The molecule has 1 aromatic heterocycles. The van der Waals surface area contributed by atoms with Gasteiger partial charge in [-0.2, -0.15) is 0 Å².